The predicted octanol–water partition coefficient (Wildman–Crippen LogP) is 2.68. The maximum Gasteiger partial charge on any atom is 0.101 e. The van der Waals surface area contributed by atoms with Gasteiger partial charge >= 0.3 is 0 Å². The van der Waals surface area contributed by atoms with Crippen LogP contribution < -0.4 is 5.32 Å². The number of hydrogen-bond donors (Lipinski definition) is 1. The highest BCUT2D eigenvalue weighted by atomic mass is 15.3. The first-order valence-electron chi connectivity index (χ1n) is 6.21. The molecule has 0 saturated carbocycles. The van der Waals surface area contributed by atoms with E-state index >= 15 is 0 Å². The van der Waals surface area contributed by atoms with E-state index in [0.29, 0.717) is 0 Å². The molecular formula is C12H20N4. The topological polar surface area (TPSA) is 42.2 Å². The van der Waals surface area contributed by atoms with E-state index in [4.69, 9.17) is 0 Å². The Bertz CT molecular complexity index is 354. The molecule has 1 N–H and O–H groups in total. The monoisotopic (exact) mass is 220 g/mol. The van der Waals surface area contributed by atoms with Crippen LogP contribution in [0.25, 0.3) is 0 Å². The van der Waals surface area contributed by atoms with E-state index in [9.17, 15) is 0 Å². The fourth-order valence-corrected chi connectivity index (χ4v) is 1.84. The first kappa shape index (κ1) is 11.2. The number of nitrogens with one attached hydrogen (secondary N) is 1. The van der Waals surface area contributed by atoms with Crippen molar-refractivity contribution < 1.29 is 0 Å². The summed E-state index contributed by atoms with van der Waals surface area (Å²) in [5, 5.41) is 7.66. The lowest BCUT2D eigenvalue weighted by Crippen LogP contribution is -2.15. The third-order valence-corrected chi connectivity index (χ3v) is 2.79. The molecule has 88 valence electrons. The van der Waals surface area contributed by atoms with E-state index in [0.717, 1.165) is 31.0 Å². The van der Waals surface area contributed by atoms with Crippen molar-refractivity contribution in [2.24, 2.45) is 4.99 Å². The quantitative estimate of drug-likeness (QED) is 0.847. The predicted molar refractivity (Wildman–Crippen MR) is 66.9 cm³/mol. The summed E-state index contributed by atoms with van der Waals surface area (Å²) in [6, 6.07) is 0. The molecule has 1 aromatic rings. The van der Waals surface area contributed by atoms with Gasteiger partial charge in [0, 0.05) is 25.7 Å². The van der Waals surface area contributed by atoms with Gasteiger partial charge in [-0.2, -0.15) is 5.10 Å². The van der Waals surface area contributed by atoms with E-state index in [1.165, 1.54) is 25.7 Å². The summed E-state index contributed by atoms with van der Waals surface area (Å²) in [4.78, 5) is 4.46. The Balaban J connectivity index is 1.89. The highest BCUT2D eigenvalue weighted by Gasteiger charge is 2.06. The second-order valence-electron chi connectivity index (χ2n) is 4.26. The zero-order valence-corrected chi connectivity index (χ0v) is 9.95. The summed E-state index contributed by atoms with van der Waals surface area (Å²) in [5.41, 5.74) is 1.07. The number of aliphatic imine (C=N–C) groups is 1. The number of rotatable bonds is 4. The molecule has 0 spiro atoms. The van der Waals surface area contributed by atoms with Crippen molar-refractivity contribution in [3.63, 3.8) is 0 Å². The minimum atomic E-state index is 0.965. The molecule has 0 fully saturated rings. The third-order valence-electron chi connectivity index (χ3n) is 2.79. The van der Waals surface area contributed by atoms with Crippen molar-refractivity contribution >= 4 is 11.5 Å². The standard InChI is InChI=1S/C12H20N4/c1-2-3-8-16-10-11(9-14-16)15-12-6-4-5-7-13-12/h9-10H,2-8H2,1H3,(H,13,15). The van der Waals surface area contributed by atoms with Gasteiger partial charge in [0.15, 0.2) is 0 Å². The van der Waals surface area contributed by atoms with Gasteiger partial charge in [0.1, 0.15) is 5.84 Å². The largest absolute Gasteiger partial charge is 0.342 e. The number of aromatic nitrogens is 2. The van der Waals surface area contributed by atoms with Crippen LogP contribution in [0.2, 0.25) is 0 Å². The van der Waals surface area contributed by atoms with Crippen molar-refractivity contribution in [2.75, 3.05) is 11.9 Å². The molecule has 2 rings (SSSR count). The van der Waals surface area contributed by atoms with Gasteiger partial charge in [-0.3, -0.25) is 9.67 Å². The average Bonchev–Trinajstić information content (AvgIpc) is 2.75. The van der Waals surface area contributed by atoms with Gasteiger partial charge in [-0.25, -0.2) is 0 Å². The van der Waals surface area contributed by atoms with E-state index in [1.807, 2.05) is 10.9 Å². The van der Waals surface area contributed by atoms with Crippen LogP contribution in [0.5, 0.6) is 0 Å². The Morgan fingerprint density at radius 2 is 2.38 bits per heavy atom. The SMILES string of the molecule is CCCCn1cc(NC2=NCCCC2)cn1. The van der Waals surface area contributed by atoms with E-state index in [1.54, 1.807) is 0 Å². The Kier molecular flexibility index (Phi) is 3.97. The van der Waals surface area contributed by atoms with Gasteiger partial charge in [0.2, 0.25) is 0 Å². The van der Waals surface area contributed by atoms with Crippen LogP contribution in [0.1, 0.15) is 39.0 Å². The number of anilines is 1. The number of unbranched alkanes of at least 4 members (excludes halogenated alkanes) is 1. The summed E-state index contributed by atoms with van der Waals surface area (Å²) >= 11 is 0. The molecule has 0 atom stereocenters. The molecule has 1 aliphatic rings. The lowest BCUT2D eigenvalue weighted by Gasteiger charge is -2.12. The van der Waals surface area contributed by atoms with Gasteiger partial charge in [-0.05, 0) is 19.3 Å². The van der Waals surface area contributed by atoms with E-state index < -0.39 is 0 Å². The van der Waals surface area contributed by atoms with Crippen LogP contribution in [0.4, 0.5) is 5.69 Å². The van der Waals surface area contributed by atoms with Crippen LogP contribution >= 0.6 is 0 Å². The summed E-state index contributed by atoms with van der Waals surface area (Å²) in [5.74, 6) is 1.11. The number of hydrogen-bond acceptors (Lipinski definition) is 3. The van der Waals surface area contributed by atoms with Gasteiger partial charge in [-0.1, -0.05) is 13.3 Å². The summed E-state index contributed by atoms with van der Waals surface area (Å²) in [6.07, 6.45) is 9.87. The lowest BCUT2D eigenvalue weighted by molar-refractivity contribution is 0.572. The minimum absolute atomic E-state index is 0.965. The van der Waals surface area contributed by atoms with Crippen molar-refractivity contribution in [2.45, 2.75) is 45.6 Å². The van der Waals surface area contributed by atoms with Gasteiger partial charge in [-0.15, -0.1) is 0 Å². The van der Waals surface area contributed by atoms with Crippen LogP contribution in [0, 0.1) is 0 Å². The maximum atomic E-state index is 4.46. The molecule has 2 heterocycles. The second-order valence-corrected chi connectivity index (χ2v) is 4.26. The van der Waals surface area contributed by atoms with E-state index in [2.05, 4.69) is 28.5 Å². The molecule has 0 radical (unpaired) electrons. The molecule has 1 aromatic heterocycles. The molecule has 4 nitrogen and oxygen atoms in total. The third kappa shape index (κ3) is 3.08. The van der Waals surface area contributed by atoms with Crippen molar-refractivity contribution in [1.29, 1.82) is 0 Å². The molecule has 4 heteroatoms. The van der Waals surface area contributed by atoms with Gasteiger partial charge in [0.25, 0.3) is 0 Å². The Hall–Kier alpha value is -1.32. The second kappa shape index (κ2) is 5.68. The molecule has 0 unspecified atom stereocenters. The molecule has 0 saturated heterocycles. The summed E-state index contributed by atoms with van der Waals surface area (Å²) in [6.45, 7) is 4.16. The minimum Gasteiger partial charge on any atom is -0.342 e. The van der Waals surface area contributed by atoms with Crippen LogP contribution in [0.15, 0.2) is 17.4 Å². The van der Waals surface area contributed by atoms with E-state index in [-0.39, 0.29) is 0 Å². The molecule has 0 amide bonds. The number of nitrogens with zero attached hydrogens (tertiary/aromatic N) is 3. The molecule has 0 aliphatic carbocycles. The molecule has 0 bridgehead atoms. The fraction of sp³-hybridized carbons (Fsp3) is 0.667. The molecular weight excluding hydrogens is 200 g/mol. The van der Waals surface area contributed by atoms with Crippen LogP contribution in [0.3, 0.4) is 0 Å². The van der Waals surface area contributed by atoms with Crippen LogP contribution in [-0.4, -0.2) is 22.2 Å². The maximum absolute atomic E-state index is 4.46. The van der Waals surface area contributed by atoms with Crippen LogP contribution in [-0.2, 0) is 6.54 Å². The first-order valence-corrected chi connectivity index (χ1v) is 6.21. The first-order chi connectivity index (χ1) is 7.88. The summed E-state index contributed by atoms with van der Waals surface area (Å²) < 4.78 is 2.00. The Morgan fingerprint density at radius 1 is 1.44 bits per heavy atom. The Labute approximate surface area is 96.8 Å². The highest BCUT2D eigenvalue weighted by Crippen LogP contribution is 2.11. The smallest absolute Gasteiger partial charge is 0.101 e. The highest BCUT2D eigenvalue weighted by molar-refractivity contribution is 5.95. The zero-order valence-electron chi connectivity index (χ0n) is 9.95. The fourth-order valence-electron chi connectivity index (χ4n) is 1.84. The number of amidine groups is 1. The molecule has 1 aliphatic heterocycles. The lowest BCUT2D eigenvalue weighted by atomic mass is 10.2. The zero-order chi connectivity index (χ0) is 11.2. The molecule has 0 aromatic carbocycles. The van der Waals surface area contributed by atoms with Gasteiger partial charge in [0.05, 0.1) is 11.9 Å². The van der Waals surface area contributed by atoms with Crippen molar-refractivity contribution in [1.82, 2.24) is 9.78 Å². The van der Waals surface area contributed by atoms with Gasteiger partial charge < -0.3 is 5.32 Å². The summed E-state index contributed by atoms with van der Waals surface area (Å²) in [7, 11) is 0. The Morgan fingerprint density at radius 3 is 3.12 bits per heavy atom. The van der Waals surface area contributed by atoms with Crippen molar-refractivity contribution in [3.05, 3.63) is 12.4 Å². The number of aryl methyl sites for hydroxylation is 1. The average molecular weight is 220 g/mol. The molecule has 16 heavy (non-hydrogen) atoms. The normalized spacial score (nSPS) is 15.9. The van der Waals surface area contributed by atoms with Crippen molar-refractivity contribution in [3.8, 4) is 0 Å².